The van der Waals surface area contributed by atoms with Crippen LogP contribution in [-0.4, -0.2) is 20.1 Å². The Hall–Kier alpha value is -1.40. The molecule has 0 aliphatic heterocycles. The fourth-order valence-electron chi connectivity index (χ4n) is 0.948. The van der Waals surface area contributed by atoms with E-state index in [9.17, 15) is 13.2 Å². The van der Waals surface area contributed by atoms with Gasteiger partial charge in [0, 0.05) is 0 Å². The normalized spacial score (nSPS) is 11.2. The molecule has 1 aromatic carbocycles. The van der Waals surface area contributed by atoms with Gasteiger partial charge in [-0.15, -0.1) is 0 Å². The van der Waals surface area contributed by atoms with Crippen LogP contribution in [0.15, 0.2) is 30.3 Å². The number of benzene rings is 1. The Labute approximate surface area is 88.0 Å². The summed E-state index contributed by atoms with van der Waals surface area (Å²) >= 11 is 0. The van der Waals surface area contributed by atoms with Crippen LogP contribution < -0.4 is 5.73 Å². The second-order valence-corrected chi connectivity index (χ2v) is 4.56. The van der Waals surface area contributed by atoms with Gasteiger partial charge >= 0.3 is 0 Å². The molecule has 82 valence electrons. The van der Waals surface area contributed by atoms with Crippen molar-refractivity contribution in [2.75, 3.05) is 5.75 Å². The molecule has 5 nitrogen and oxygen atoms in total. The van der Waals surface area contributed by atoms with Crippen molar-refractivity contribution in [1.82, 2.24) is 0 Å². The highest BCUT2D eigenvalue weighted by Gasteiger charge is 2.14. The van der Waals surface area contributed by atoms with Crippen molar-refractivity contribution < 1.29 is 17.4 Å². The Morgan fingerprint density at radius 1 is 1.27 bits per heavy atom. The van der Waals surface area contributed by atoms with E-state index in [0.29, 0.717) is 5.56 Å². The minimum absolute atomic E-state index is 0.0869. The summed E-state index contributed by atoms with van der Waals surface area (Å²) in [5.41, 5.74) is 5.46. The van der Waals surface area contributed by atoms with E-state index in [-0.39, 0.29) is 6.61 Å². The zero-order chi connectivity index (χ0) is 11.3. The van der Waals surface area contributed by atoms with Gasteiger partial charge in [0.1, 0.15) is 0 Å². The van der Waals surface area contributed by atoms with Crippen LogP contribution >= 0.6 is 0 Å². The van der Waals surface area contributed by atoms with Gasteiger partial charge in [-0.2, -0.15) is 8.42 Å². The molecule has 15 heavy (non-hydrogen) atoms. The summed E-state index contributed by atoms with van der Waals surface area (Å²) < 4.78 is 26.8. The molecule has 0 saturated carbocycles. The minimum Gasteiger partial charge on any atom is -0.369 e. The number of hydrogen-bond donors (Lipinski definition) is 1. The Morgan fingerprint density at radius 2 is 1.87 bits per heavy atom. The number of primary amides is 1. The SMILES string of the molecule is NC(=O)CS(=O)(=O)OCc1ccccc1. The molecule has 0 bridgehead atoms. The zero-order valence-corrected chi connectivity index (χ0v) is 8.74. The lowest BCUT2D eigenvalue weighted by molar-refractivity contribution is -0.115. The van der Waals surface area contributed by atoms with Gasteiger partial charge in [-0.3, -0.25) is 8.98 Å². The summed E-state index contributed by atoms with van der Waals surface area (Å²) in [5.74, 6) is -1.72. The van der Waals surface area contributed by atoms with Gasteiger partial charge < -0.3 is 5.73 Å². The number of amides is 1. The second kappa shape index (κ2) is 4.90. The van der Waals surface area contributed by atoms with E-state index >= 15 is 0 Å². The first-order valence-electron chi connectivity index (χ1n) is 4.19. The van der Waals surface area contributed by atoms with E-state index in [2.05, 4.69) is 4.18 Å². The summed E-state index contributed by atoms with van der Waals surface area (Å²) in [7, 11) is -3.85. The van der Waals surface area contributed by atoms with Gasteiger partial charge in [0.05, 0.1) is 6.61 Å². The summed E-state index contributed by atoms with van der Waals surface area (Å²) in [6.45, 7) is -0.0869. The maximum absolute atomic E-state index is 11.1. The molecule has 0 saturated heterocycles. The molecule has 0 fully saturated rings. The topological polar surface area (TPSA) is 86.5 Å². The molecule has 0 radical (unpaired) electrons. The maximum Gasteiger partial charge on any atom is 0.276 e. The van der Waals surface area contributed by atoms with E-state index in [1.165, 1.54) is 0 Å². The fraction of sp³-hybridized carbons (Fsp3) is 0.222. The number of carbonyl (C=O) groups is 1. The van der Waals surface area contributed by atoms with Gasteiger partial charge in [0.15, 0.2) is 5.75 Å². The van der Waals surface area contributed by atoms with Crippen LogP contribution in [0, 0.1) is 0 Å². The zero-order valence-electron chi connectivity index (χ0n) is 7.92. The van der Waals surface area contributed by atoms with Crippen LogP contribution in [0.4, 0.5) is 0 Å². The second-order valence-electron chi connectivity index (χ2n) is 2.92. The van der Waals surface area contributed by atoms with Crippen molar-refractivity contribution in [1.29, 1.82) is 0 Å². The Bertz CT molecular complexity index is 427. The first kappa shape index (κ1) is 11.7. The van der Waals surface area contributed by atoms with Gasteiger partial charge in [-0.25, -0.2) is 0 Å². The third-order valence-electron chi connectivity index (χ3n) is 1.57. The highest BCUT2D eigenvalue weighted by Crippen LogP contribution is 2.03. The molecule has 0 atom stereocenters. The number of nitrogens with two attached hydrogens (primary N) is 1. The lowest BCUT2D eigenvalue weighted by atomic mass is 10.2. The Balaban J connectivity index is 2.54. The van der Waals surface area contributed by atoms with E-state index < -0.39 is 21.8 Å². The first-order valence-corrected chi connectivity index (χ1v) is 5.77. The molecule has 1 aromatic rings. The van der Waals surface area contributed by atoms with Crippen molar-refractivity contribution in [3.05, 3.63) is 35.9 Å². The van der Waals surface area contributed by atoms with Crippen LogP contribution in [0.5, 0.6) is 0 Å². The quantitative estimate of drug-likeness (QED) is 0.721. The third-order valence-corrected chi connectivity index (χ3v) is 2.68. The average molecular weight is 229 g/mol. The lowest BCUT2D eigenvalue weighted by Gasteiger charge is -2.03. The summed E-state index contributed by atoms with van der Waals surface area (Å²) in [4.78, 5) is 10.4. The number of carbonyl (C=O) groups excluding carboxylic acids is 1. The molecule has 0 heterocycles. The molecule has 2 N–H and O–H groups in total. The predicted molar refractivity (Wildman–Crippen MR) is 54.2 cm³/mol. The monoisotopic (exact) mass is 229 g/mol. The predicted octanol–water partition coefficient (Wildman–Crippen LogP) is 0.0183. The van der Waals surface area contributed by atoms with Gasteiger partial charge in [0.2, 0.25) is 5.91 Å². The van der Waals surface area contributed by atoms with E-state index in [1.54, 1.807) is 30.3 Å². The van der Waals surface area contributed by atoms with Gasteiger partial charge in [0.25, 0.3) is 10.1 Å². The lowest BCUT2D eigenvalue weighted by Crippen LogP contribution is -2.24. The molecular weight excluding hydrogens is 218 g/mol. The standard InChI is InChI=1S/C9H11NO4S/c10-9(11)7-15(12,13)14-6-8-4-2-1-3-5-8/h1-5H,6-7H2,(H2,10,11). The van der Waals surface area contributed by atoms with Gasteiger partial charge in [-0.05, 0) is 5.56 Å². The molecular formula is C9H11NO4S. The summed E-state index contributed by atoms with van der Waals surface area (Å²) in [5, 5.41) is 0. The molecule has 1 rings (SSSR count). The summed E-state index contributed by atoms with van der Waals surface area (Å²) in [6.07, 6.45) is 0. The van der Waals surface area contributed by atoms with Crippen molar-refractivity contribution in [2.45, 2.75) is 6.61 Å². The highest BCUT2D eigenvalue weighted by molar-refractivity contribution is 7.87. The third kappa shape index (κ3) is 4.57. The smallest absolute Gasteiger partial charge is 0.276 e. The highest BCUT2D eigenvalue weighted by atomic mass is 32.2. The average Bonchev–Trinajstić information content (AvgIpc) is 2.15. The van der Waals surface area contributed by atoms with Crippen LogP contribution in [0.3, 0.4) is 0 Å². The number of rotatable bonds is 5. The van der Waals surface area contributed by atoms with Gasteiger partial charge in [-0.1, -0.05) is 30.3 Å². The van der Waals surface area contributed by atoms with Crippen LogP contribution in [0.1, 0.15) is 5.56 Å². The largest absolute Gasteiger partial charge is 0.369 e. The van der Waals surface area contributed by atoms with Crippen LogP contribution in [0.2, 0.25) is 0 Å². The van der Waals surface area contributed by atoms with E-state index in [4.69, 9.17) is 5.73 Å². The van der Waals surface area contributed by atoms with Crippen LogP contribution in [0.25, 0.3) is 0 Å². The Kier molecular flexibility index (Phi) is 3.81. The van der Waals surface area contributed by atoms with E-state index in [1.807, 2.05) is 0 Å². The first-order chi connectivity index (χ1) is 6.99. The molecule has 0 aliphatic rings. The molecule has 6 heteroatoms. The summed E-state index contributed by atoms with van der Waals surface area (Å²) in [6, 6.07) is 8.78. The molecule has 1 amide bonds. The molecule has 0 aliphatic carbocycles. The van der Waals surface area contributed by atoms with E-state index in [0.717, 1.165) is 0 Å². The number of hydrogen-bond acceptors (Lipinski definition) is 4. The van der Waals surface area contributed by atoms with Crippen molar-refractivity contribution in [3.8, 4) is 0 Å². The molecule has 0 aromatic heterocycles. The van der Waals surface area contributed by atoms with Crippen molar-refractivity contribution in [2.24, 2.45) is 5.73 Å². The maximum atomic E-state index is 11.1. The van der Waals surface area contributed by atoms with Crippen LogP contribution in [-0.2, 0) is 25.7 Å². The van der Waals surface area contributed by atoms with Crippen molar-refractivity contribution in [3.63, 3.8) is 0 Å². The molecule has 0 unspecified atom stereocenters. The Morgan fingerprint density at radius 3 is 2.40 bits per heavy atom. The van der Waals surface area contributed by atoms with Crippen molar-refractivity contribution >= 4 is 16.0 Å². The minimum atomic E-state index is -3.85. The molecule has 0 spiro atoms. The fourth-order valence-corrected chi connectivity index (χ4v) is 1.70.